The second-order valence-electron chi connectivity index (χ2n) is 6.80. The van der Waals surface area contributed by atoms with Crippen LogP contribution in [-0.4, -0.2) is 11.9 Å². The van der Waals surface area contributed by atoms with Gasteiger partial charge in [0.15, 0.2) is 11.9 Å². The molecule has 138 valence electrons. The van der Waals surface area contributed by atoms with Crippen LogP contribution in [0, 0.1) is 0 Å². The number of furan rings is 1. The zero-order valence-corrected chi connectivity index (χ0v) is 15.1. The van der Waals surface area contributed by atoms with Crippen molar-refractivity contribution in [3.63, 3.8) is 0 Å². The van der Waals surface area contributed by atoms with Gasteiger partial charge in [0.2, 0.25) is 0 Å². The van der Waals surface area contributed by atoms with Crippen molar-refractivity contribution in [1.29, 1.82) is 0 Å². The van der Waals surface area contributed by atoms with Crippen molar-refractivity contribution in [2.75, 3.05) is 0 Å². The first-order valence-corrected chi connectivity index (χ1v) is 9.23. The second-order valence-corrected chi connectivity index (χ2v) is 6.80. The summed E-state index contributed by atoms with van der Waals surface area (Å²) in [6.07, 6.45) is -0.885. The quantitative estimate of drug-likeness (QED) is 0.340. The molecule has 1 fully saturated rings. The van der Waals surface area contributed by atoms with E-state index >= 15 is 0 Å². The van der Waals surface area contributed by atoms with E-state index < -0.39 is 6.10 Å². The van der Waals surface area contributed by atoms with Gasteiger partial charge in [0.25, 0.3) is 0 Å². The van der Waals surface area contributed by atoms with Gasteiger partial charge in [0.1, 0.15) is 29.8 Å². The third-order valence-corrected chi connectivity index (χ3v) is 4.86. The Morgan fingerprint density at radius 3 is 2.50 bits per heavy atom. The number of ether oxygens (including phenoxy) is 2. The van der Waals surface area contributed by atoms with Gasteiger partial charge in [-0.3, -0.25) is 4.79 Å². The second kappa shape index (κ2) is 6.98. The van der Waals surface area contributed by atoms with E-state index in [0.29, 0.717) is 23.7 Å². The van der Waals surface area contributed by atoms with Gasteiger partial charge in [-0.25, -0.2) is 0 Å². The maximum atomic E-state index is 13.0. The number of epoxide rings is 1. The summed E-state index contributed by atoms with van der Waals surface area (Å²) in [5, 5.41) is 1.01. The highest BCUT2D eigenvalue weighted by Gasteiger charge is 2.49. The smallest absolute Gasteiger partial charge is 0.198 e. The number of hydrogen-bond donors (Lipinski definition) is 0. The maximum absolute atomic E-state index is 13.0. The molecule has 0 radical (unpaired) electrons. The molecule has 0 aliphatic carbocycles. The molecule has 4 aromatic rings. The topological polar surface area (TPSA) is 52.0 Å². The minimum atomic E-state index is -0.540. The molecule has 0 bridgehead atoms. The highest BCUT2D eigenvalue weighted by atomic mass is 16.6. The van der Waals surface area contributed by atoms with E-state index in [1.807, 2.05) is 78.9 Å². The molecule has 3 aromatic carbocycles. The van der Waals surface area contributed by atoms with Gasteiger partial charge >= 0.3 is 0 Å². The Morgan fingerprint density at radius 1 is 0.893 bits per heavy atom. The molecule has 0 saturated carbocycles. The van der Waals surface area contributed by atoms with Crippen LogP contribution in [0.1, 0.15) is 27.8 Å². The minimum absolute atomic E-state index is 0.0888. The van der Waals surface area contributed by atoms with Crippen LogP contribution in [0.25, 0.3) is 11.0 Å². The molecule has 4 nitrogen and oxygen atoms in total. The Hall–Kier alpha value is -3.37. The molecule has 28 heavy (non-hydrogen) atoms. The molecule has 1 saturated heterocycles. The number of benzene rings is 3. The fourth-order valence-corrected chi connectivity index (χ4v) is 3.36. The van der Waals surface area contributed by atoms with Crippen LogP contribution in [-0.2, 0) is 11.3 Å². The molecule has 0 spiro atoms. The first kappa shape index (κ1) is 16.8. The predicted molar refractivity (Wildman–Crippen MR) is 105 cm³/mol. The number of carbonyl (C=O) groups excluding carboxylic acids is 1. The maximum Gasteiger partial charge on any atom is 0.198 e. The summed E-state index contributed by atoms with van der Waals surface area (Å²) >= 11 is 0. The standard InChI is InChI=1S/C24H18O4/c25-22(24-23(28-24)21-14-17-10-4-6-12-19(17)27-21)18-11-5-7-13-20(18)26-15-16-8-2-1-3-9-16/h1-14,23-24H,15H2. The molecule has 2 unspecified atom stereocenters. The van der Waals surface area contributed by atoms with Crippen molar-refractivity contribution in [3.8, 4) is 5.75 Å². The lowest BCUT2D eigenvalue weighted by molar-refractivity contribution is 0.0949. The largest absolute Gasteiger partial charge is 0.488 e. The van der Waals surface area contributed by atoms with Gasteiger partial charge in [0.05, 0.1) is 5.56 Å². The molecular formula is C24H18O4. The van der Waals surface area contributed by atoms with Crippen LogP contribution in [0.4, 0.5) is 0 Å². The van der Waals surface area contributed by atoms with Crippen LogP contribution in [0.5, 0.6) is 5.75 Å². The lowest BCUT2D eigenvalue weighted by Crippen LogP contribution is -2.10. The van der Waals surface area contributed by atoms with Crippen LogP contribution in [0.15, 0.2) is 89.3 Å². The fourth-order valence-electron chi connectivity index (χ4n) is 3.36. The summed E-state index contributed by atoms with van der Waals surface area (Å²) in [5.41, 5.74) is 2.38. The lowest BCUT2D eigenvalue weighted by Gasteiger charge is -2.10. The third-order valence-electron chi connectivity index (χ3n) is 4.86. The molecule has 2 heterocycles. The fraction of sp³-hybridized carbons (Fsp3) is 0.125. The number of Topliss-reactive ketones (excluding diaryl/α,β-unsaturated/α-hetero) is 1. The monoisotopic (exact) mass is 370 g/mol. The predicted octanol–water partition coefficient (Wildman–Crippen LogP) is 5.33. The van der Waals surface area contributed by atoms with Crippen molar-refractivity contribution in [2.24, 2.45) is 0 Å². The highest BCUT2D eigenvalue weighted by Crippen LogP contribution is 2.43. The Morgan fingerprint density at radius 2 is 1.64 bits per heavy atom. The summed E-state index contributed by atoms with van der Waals surface area (Å²) in [5.74, 6) is 1.16. The minimum Gasteiger partial charge on any atom is -0.488 e. The number of ketones is 1. The molecule has 0 N–H and O–H groups in total. The van der Waals surface area contributed by atoms with Crippen molar-refractivity contribution in [2.45, 2.75) is 18.8 Å². The summed E-state index contributed by atoms with van der Waals surface area (Å²) in [6, 6.07) is 26.9. The van der Waals surface area contributed by atoms with E-state index in [9.17, 15) is 4.79 Å². The zero-order chi connectivity index (χ0) is 18.9. The average Bonchev–Trinajstić information content (AvgIpc) is 3.44. The summed E-state index contributed by atoms with van der Waals surface area (Å²) in [6.45, 7) is 0.406. The number of para-hydroxylation sites is 2. The number of carbonyl (C=O) groups is 1. The lowest BCUT2D eigenvalue weighted by atomic mass is 10.0. The van der Waals surface area contributed by atoms with E-state index in [1.54, 1.807) is 6.07 Å². The molecule has 1 aliphatic rings. The molecule has 4 heteroatoms. The summed E-state index contributed by atoms with van der Waals surface area (Å²) in [4.78, 5) is 13.0. The molecule has 1 aromatic heterocycles. The van der Waals surface area contributed by atoms with Gasteiger partial charge in [0, 0.05) is 5.39 Å². The van der Waals surface area contributed by atoms with Gasteiger partial charge < -0.3 is 13.9 Å². The molecule has 2 atom stereocenters. The van der Waals surface area contributed by atoms with Gasteiger partial charge in [-0.15, -0.1) is 0 Å². The van der Waals surface area contributed by atoms with Crippen LogP contribution < -0.4 is 4.74 Å². The van der Waals surface area contributed by atoms with Crippen LogP contribution >= 0.6 is 0 Å². The summed E-state index contributed by atoms with van der Waals surface area (Å²) in [7, 11) is 0. The Labute approximate surface area is 162 Å². The SMILES string of the molecule is O=C(c1ccccc1OCc1ccccc1)C1OC1c1cc2ccccc2o1. The van der Waals surface area contributed by atoms with Crippen molar-refractivity contribution in [1.82, 2.24) is 0 Å². The van der Waals surface area contributed by atoms with Crippen molar-refractivity contribution < 1.29 is 18.7 Å². The number of fused-ring (bicyclic) bond motifs is 1. The van der Waals surface area contributed by atoms with Crippen molar-refractivity contribution >= 4 is 16.8 Å². The molecule has 0 amide bonds. The van der Waals surface area contributed by atoms with Crippen LogP contribution in [0.2, 0.25) is 0 Å². The Bertz CT molecular complexity index is 1100. The summed E-state index contributed by atoms with van der Waals surface area (Å²) < 4.78 is 17.4. The zero-order valence-electron chi connectivity index (χ0n) is 15.1. The van der Waals surface area contributed by atoms with Crippen LogP contribution in [0.3, 0.4) is 0 Å². The van der Waals surface area contributed by atoms with Gasteiger partial charge in [-0.2, -0.15) is 0 Å². The molecule has 1 aliphatic heterocycles. The van der Waals surface area contributed by atoms with E-state index in [0.717, 1.165) is 16.5 Å². The van der Waals surface area contributed by atoms with Gasteiger partial charge in [-0.1, -0.05) is 60.7 Å². The van der Waals surface area contributed by atoms with E-state index in [-0.39, 0.29) is 11.9 Å². The Balaban J connectivity index is 1.33. The number of hydrogen-bond acceptors (Lipinski definition) is 4. The van der Waals surface area contributed by atoms with E-state index in [4.69, 9.17) is 13.9 Å². The Kier molecular flexibility index (Phi) is 4.18. The first-order valence-electron chi connectivity index (χ1n) is 9.23. The number of rotatable bonds is 6. The van der Waals surface area contributed by atoms with Crippen molar-refractivity contribution in [3.05, 3.63) is 102 Å². The average molecular weight is 370 g/mol. The first-order chi connectivity index (χ1) is 13.8. The highest BCUT2D eigenvalue weighted by molar-refractivity contribution is 6.03. The molecular weight excluding hydrogens is 352 g/mol. The third kappa shape index (κ3) is 3.19. The van der Waals surface area contributed by atoms with Gasteiger partial charge in [-0.05, 0) is 29.8 Å². The molecule has 5 rings (SSSR count). The normalized spacial score (nSPS) is 18.1. The van der Waals surface area contributed by atoms with E-state index in [2.05, 4.69) is 0 Å². The van der Waals surface area contributed by atoms with E-state index in [1.165, 1.54) is 0 Å².